The van der Waals surface area contributed by atoms with Gasteiger partial charge in [0.05, 0.1) is 13.7 Å². The second kappa shape index (κ2) is 9.30. The number of furan rings is 1. The average Bonchev–Trinajstić information content (AvgIpc) is 3.08. The maximum atomic E-state index is 13.4. The van der Waals surface area contributed by atoms with E-state index in [-0.39, 0.29) is 11.3 Å². The van der Waals surface area contributed by atoms with Crippen LogP contribution in [0.3, 0.4) is 0 Å². The number of nitrogens with one attached hydrogen (secondary N) is 2. The van der Waals surface area contributed by atoms with Crippen molar-refractivity contribution in [1.29, 1.82) is 0 Å². The number of hydrogen-bond acceptors (Lipinski definition) is 5. The average molecular weight is 414 g/mol. The van der Waals surface area contributed by atoms with Crippen LogP contribution < -0.4 is 20.3 Å². The first-order chi connectivity index (χ1) is 14.4. The first-order valence-corrected chi connectivity index (χ1v) is 9.54. The van der Waals surface area contributed by atoms with E-state index in [0.29, 0.717) is 34.6 Å². The summed E-state index contributed by atoms with van der Waals surface area (Å²) in [6.07, 6.45) is 1.91. The van der Waals surface area contributed by atoms with Crippen molar-refractivity contribution in [1.82, 2.24) is 10.9 Å². The van der Waals surface area contributed by atoms with E-state index >= 15 is 0 Å². The zero-order valence-electron chi connectivity index (χ0n) is 17.0. The Bertz CT molecular complexity index is 1080. The Morgan fingerprint density at radius 1 is 1.07 bits per heavy atom. The van der Waals surface area contributed by atoms with Crippen LogP contribution in [0.4, 0.5) is 4.39 Å². The van der Waals surface area contributed by atoms with Crippen LogP contribution in [-0.4, -0.2) is 25.5 Å². The molecule has 1 aromatic heterocycles. The molecule has 0 aliphatic carbocycles. The van der Waals surface area contributed by atoms with Gasteiger partial charge in [-0.2, -0.15) is 0 Å². The predicted octanol–water partition coefficient (Wildman–Crippen LogP) is 4.14. The minimum Gasteiger partial charge on any atom is -0.493 e. The lowest BCUT2D eigenvalue weighted by molar-refractivity contribution is 0.0831. The van der Waals surface area contributed by atoms with Gasteiger partial charge < -0.3 is 13.9 Å². The molecule has 2 amide bonds. The molecule has 7 nitrogen and oxygen atoms in total. The Hall–Kier alpha value is -3.55. The third kappa shape index (κ3) is 4.53. The van der Waals surface area contributed by atoms with E-state index < -0.39 is 17.6 Å². The van der Waals surface area contributed by atoms with Gasteiger partial charge in [0, 0.05) is 16.5 Å². The van der Waals surface area contributed by atoms with Gasteiger partial charge in [0.2, 0.25) is 0 Å². The number of unbranched alkanes of at least 4 members (excludes halogenated alkanes) is 1. The van der Waals surface area contributed by atoms with E-state index in [1.807, 2.05) is 0 Å². The molecular formula is C22H23FN2O5. The Kier molecular flexibility index (Phi) is 6.56. The van der Waals surface area contributed by atoms with Crippen molar-refractivity contribution in [2.24, 2.45) is 0 Å². The van der Waals surface area contributed by atoms with Crippen molar-refractivity contribution in [2.45, 2.75) is 26.7 Å². The van der Waals surface area contributed by atoms with Gasteiger partial charge in [-0.15, -0.1) is 0 Å². The highest BCUT2D eigenvalue weighted by molar-refractivity contribution is 6.01. The summed E-state index contributed by atoms with van der Waals surface area (Å²) in [4.78, 5) is 24.8. The summed E-state index contributed by atoms with van der Waals surface area (Å²) in [5.41, 5.74) is 5.78. The third-order valence-corrected chi connectivity index (χ3v) is 4.58. The predicted molar refractivity (Wildman–Crippen MR) is 109 cm³/mol. The largest absolute Gasteiger partial charge is 0.493 e. The van der Waals surface area contributed by atoms with Gasteiger partial charge in [0.15, 0.2) is 17.3 Å². The van der Waals surface area contributed by atoms with Crippen molar-refractivity contribution in [3.8, 4) is 11.5 Å². The summed E-state index contributed by atoms with van der Waals surface area (Å²) in [6, 6.07) is 8.72. The smallest absolute Gasteiger partial charge is 0.305 e. The summed E-state index contributed by atoms with van der Waals surface area (Å²) in [5, 5.41) is 0.495. The number of carbonyl (C=O) groups excluding carboxylic acids is 2. The molecular weight excluding hydrogens is 391 g/mol. The van der Waals surface area contributed by atoms with Crippen LogP contribution in [0.2, 0.25) is 0 Å². The second-order valence-electron chi connectivity index (χ2n) is 6.67. The molecule has 2 aromatic carbocycles. The molecule has 8 heteroatoms. The molecule has 3 aromatic rings. The molecule has 0 saturated carbocycles. The maximum Gasteiger partial charge on any atom is 0.305 e. The van der Waals surface area contributed by atoms with Crippen LogP contribution in [-0.2, 0) is 0 Å². The number of ether oxygens (including phenoxy) is 2. The van der Waals surface area contributed by atoms with Crippen molar-refractivity contribution >= 4 is 22.8 Å². The summed E-state index contributed by atoms with van der Waals surface area (Å²) in [5.74, 6) is -0.668. The zero-order valence-corrected chi connectivity index (χ0v) is 17.0. The molecule has 1 heterocycles. The first-order valence-electron chi connectivity index (χ1n) is 9.54. The van der Waals surface area contributed by atoms with E-state index in [0.717, 1.165) is 12.8 Å². The molecule has 3 rings (SSSR count). The normalized spacial score (nSPS) is 10.7. The number of hydrogen-bond donors (Lipinski definition) is 2. The molecule has 0 bridgehead atoms. The quantitative estimate of drug-likeness (QED) is 0.448. The number of carbonyl (C=O) groups is 2. The van der Waals surface area contributed by atoms with Crippen LogP contribution in [0, 0.1) is 12.7 Å². The number of amides is 2. The van der Waals surface area contributed by atoms with Crippen LogP contribution in [0.25, 0.3) is 11.0 Å². The number of fused-ring (bicyclic) bond motifs is 1. The van der Waals surface area contributed by atoms with Crippen molar-refractivity contribution in [3.63, 3.8) is 0 Å². The fourth-order valence-corrected chi connectivity index (χ4v) is 2.91. The Labute approximate surface area is 173 Å². The molecule has 0 radical (unpaired) electrons. The summed E-state index contributed by atoms with van der Waals surface area (Å²) in [6.45, 7) is 4.26. The van der Waals surface area contributed by atoms with E-state index in [2.05, 4.69) is 17.8 Å². The van der Waals surface area contributed by atoms with Gasteiger partial charge in [-0.1, -0.05) is 13.3 Å². The summed E-state index contributed by atoms with van der Waals surface area (Å²) < 4.78 is 29.8. The highest BCUT2D eigenvalue weighted by atomic mass is 19.1. The molecule has 0 aliphatic rings. The van der Waals surface area contributed by atoms with Crippen LogP contribution in [0.15, 0.2) is 40.8 Å². The van der Waals surface area contributed by atoms with Crippen LogP contribution in [0.5, 0.6) is 11.5 Å². The standard InChI is InChI=1S/C22H23FN2O5/c1-4-5-10-29-18-8-6-14(11-19(18)28-3)21(26)24-25-22(27)20-13(2)16-12-15(23)7-9-17(16)30-20/h6-9,11-12H,4-5,10H2,1-3H3,(H,24,26)(H,25,27). The third-order valence-electron chi connectivity index (χ3n) is 4.58. The molecule has 0 fully saturated rings. The zero-order chi connectivity index (χ0) is 21.7. The van der Waals surface area contributed by atoms with Gasteiger partial charge in [0.1, 0.15) is 11.4 Å². The van der Waals surface area contributed by atoms with Crippen molar-refractivity contribution in [3.05, 3.63) is 59.1 Å². The number of benzene rings is 2. The molecule has 0 aliphatic heterocycles. The molecule has 2 N–H and O–H groups in total. The number of halogens is 1. The fourth-order valence-electron chi connectivity index (χ4n) is 2.91. The van der Waals surface area contributed by atoms with E-state index in [1.165, 1.54) is 31.4 Å². The summed E-state index contributed by atoms with van der Waals surface area (Å²) >= 11 is 0. The minimum absolute atomic E-state index is 0.00634. The lowest BCUT2D eigenvalue weighted by Crippen LogP contribution is -2.41. The lowest BCUT2D eigenvalue weighted by Gasteiger charge is -2.12. The Morgan fingerprint density at radius 3 is 2.57 bits per heavy atom. The Balaban J connectivity index is 1.68. The maximum absolute atomic E-state index is 13.4. The van der Waals surface area contributed by atoms with Crippen molar-refractivity contribution < 1.29 is 27.9 Å². The van der Waals surface area contributed by atoms with Gasteiger partial charge in [-0.05, 0) is 49.7 Å². The van der Waals surface area contributed by atoms with Gasteiger partial charge >= 0.3 is 5.91 Å². The highest BCUT2D eigenvalue weighted by Gasteiger charge is 2.19. The minimum atomic E-state index is -0.649. The van der Waals surface area contributed by atoms with Gasteiger partial charge in [0.25, 0.3) is 5.91 Å². The van der Waals surface area contributed by atoms with Gasteiger partial charge in [-0.25, -0.2) is 4.39 Å². The second-order valence-corrected chi connectivity index (χ2v) is 6.67. The van der Waals surface area contributed by atoms with Gasteiger partial charge in [-0.3, -0.25) is 20.4 Å². The number of aryl methyl sites for hydroxylation is 1. The lowest BCUT2D eigenvalue weighted by atomic mass is 10.1. The molecule has 0 atom stereocenters. The highest BCUT2D eigenvalue weighted by Crippen LogP contribution is 2.28. The molecule has 0 saturated heterocycles. The fraction of sp³-hybridized carbons (Fsp3) is 0.273. The first kappa shape index (κ1) is 21.2. The van der Waals surface area contributed by atoms with E-state index in [9.17, 15) is 14.0 Å². The van der Waals surface area contributed by atoms with Crippen molar-refractivity contribution in [2.75, 3.05) is 13.7 Å². The number of rotatable bonds is 7. The molecule has 0 unspecified atom stereocenters. The van der Waals surface area contributed by atoms with E-state index in [1.54, 1.807) is 19.1 Å². The number of hydrazine groups is 1. The Morgan fingerprint density at radius 2 is 1.83 bits per heavy atom. The number of methoxy groups -OCH3 is 1. The van der Waals surface area contributed by atoms with Crippen LogP contribution in [0.1, 0.15) is 46.2 Å². The SMILES string of the molecule is CCCCOc1ccc(C(=O)NNC(=O)c2oc3ccc(F)cc3c2C)cc1OC. The van der Waals surface area contributed by atoms with E-state index in [4.69, 9.17) is 13.9 Å². The molecule has 158 valence electrons. The topological polar surface area (TPSA) is 89.8 Å². The summed E-state index contributed by atoms with van der Waals surface area (Å²) in [7, 11) is 1.48. The van der Waals surface area contributed by atoms with Crippen LogP contribution >= 0.6 is 0 Å². The molecule has 0 spiro atoms. The monoisotopic (exact) mass is 414 g/mol. The molecule has 30 heavy (non-hydrogen) atoms.